The molecule has 26 heavy (non-hydrogen) atoms. The first-order valence-corrected chi connectivity index (χ1v) is 8.15. The fourth-order valence-corrected chi connectivity index (χ4v) is 2.88. The van der Waals surface area contributed by atoms with Gasteiger partial charge in [-0.25, -0.2) is 9.18 Å². The highest BCUT2D eigenvalue weighted by molar-refractivity contribution is 6.09. The Hall–Kier alpha value is -2.97. The summed E-state index contributed by atoms with van der Waals surface area (Å²) in [5.74, 6) is -2.45. The molecule has 3 rings (SSSR count). The molecule has 1 aromatic rings. The number of hydrogen-bond acceptors (Lipinski definition) is 5. The van der Waals surface area contributed by atoms with Gasteiger partial charge < -0.3 is 15.4 Å². The highest BCUT2D eigenvalue weighted by Gasteiger charge is 2.56. The first kappa shape index (κ1) is 17.8. The molecule has 1 atom stereocenters. The predicted octanol–water partition coefficient (Wildman–Crippen LogP) is 1.03. The van der Waals surface area contributed by atoms with E-state index in [0.29, 0.717) is 0 Å². The first-order chi connectivity index (χ1) is 12.3. The van der Waals surface area contributed by atoms with Gasteiger partial charge >= 0.3 is 12.0 Å². The molecule has 1 aliphatic heterocycles. The topological polar surface area (TPSA) is 105 Å². The number of rotatable bonds is 6. The van der Waals surface area contributed by atoms with Gasteiger partial charge in [0.05, 0.1) is 0 Å². The van der Waals surface area contributed by atoms with E-state index in [4.69, 9.17) is 4.74 Å². The second-order valence-corrected chi connectivity index (χ2v) is 6.52. The normalized spacial score (nSPS) is 22.2. The van der Waals surface area contributed by atoms with Crippen molar-refractivity contribution in [2.24, 2.45) is 5.92 Å². The Bertz CT molecular complexity index is 779. The maximum atomic E-state index is 13.0. The van der Waals surface area contributed by atoms with Gasteiger partial charge in [0.25, 0.3) is 11.8 Å². The molecule has 9 heteroatoms. The van der Waals surface area contributed by atoms with Crippen LogP contribution >= 0.6 is 0 Å². The van der Waals surface area contributed by atoms with Crippen LogP contribution in [0.25, 0.3) is 0 Å². The molecule has 8 nitrogen and oxygen atoms in total. The lowest BCUT2D eigenvalue weighted by molar-refractivity contribution is -0.150. The number of ether oxygens (including phenoxy) is 1. The van der Waals surface area contributed by atoms with Gasteiger partial charge in [0, 0.05) is 5.69 Å². The van der Waals surface area contributed by atoms with Crippen LogP contribution in [0.2, 0.25) is 0 Å². The Balaban J connectivity index is 1.49. The zero-order valence-corrected chi connectivity index (χ0v) is 14.1. The summed E-state index contributed by atoms with van der Waals surface area (Å²) in [6.07, 6.45) is 1.70. The lowest BCUT2D eigenvalue weighted by Crippen LogP contribution is -2.46. The summed E-state index contributed by atoms with van der Waals surface area (Å²) in [6, 6.07) is 4.60. The van der Waals surface area contributed by atoms with Crippen molar-refractivity contribution in [3.8, 4) is 0 Å². The largest absolute Gasteiger partial charge is 0.454 e. The van der Waals surface area contributed by atoms with Gasteiger partial charge in [-0.2, -0.15) is 0 Å². The molecule has 1 aliphatic carbocycles. The van der Waals surface area contributed by atoms with E-state index < -0.39 is 48.3 Å². The first-order valence-electron chi connectivity index (χ1n) is 8.15. The Morgan fingerprint density at radius 1 is 1.38 bits per heavy atom. The molecule has 1 saturated carbocycles. The summed E-state index contributed by atoms with van der Waals surface area (Å²) >= 11 is 0. The summed E-state index contributed by atoms with van der Waals surface area (Å²) in [7, 11) is 0. The summed E-state index contributed by atoms with van der Waals surface area (Å²) in [5.41, 5.74) is -0.757. The van der Waals surface area contributed by atoms with Crippen LogP contribution in [0.4, 0.5) is 14.9 Å². The molecule has 0 spiro atoms. The number of urea groups is 1. The minimum Gasteiger partial charge on any atom is -0.454 e. The molecule has 0 radical (unpaired) electrons. The molecule has 138 valence electrons. The Morgan fingerprint density at radius 2 is 2.12 bits per heavy atom. The number of carbonyl (C=O) groups excluding carboxylic acids is 4. The van der Waals surface area contributed by atoms with Crippen molar-refractivity contribution in [3.05, 3.63) is 30.1 Å². The summed E-state index contributed by atoms with van der Waals surface area (Å²) < 4.78 is 17.8. The SMILES string of the molecule is C[C@@]1(C2CC2)NC(=O)N(CC(=O)OCC(=O)Nc2cccc(F)c2)C1=O. The van der Waals surface area contributed by atoms with E-state index in [1.165, 1.54) is 18.2 Å². The lowest BCUT2D eigenvalue weighted by Gasteiger charge is -2.20. The third-order valence-electron chi connectivity index (χ3n) is 4.45. The van der Waals surface area contributed by atoms with Crippen LogP contribution < -0.4 is 10.6 Å². The van der Waals surface area contributed by atoms with Crippen LogP contribution in [-0.4, -0.2) is 47.4 Å². The van der Waals surface area contributed by atoms with Gasteiger partial charge in [-0.15, -0.1) is 0 Å². The second kappa shape index (κ2) is 6.74. The molecule has 1 aromatic carbocycles. The van der Waals surface area contributed by atoms with Crippen LogP contribution in [0.3, 0.4) is 0 Å². The molecular formula is C17H18FN3O5. The van der Waals surface area contributed by atoms with Gasteiger partial charge in [-0.1, -0.05) is 6.07 Å². The maximum absolute atomic E-state index is 13.0. The molecule has 4 amide bonds. The zero-order chi connectivity index (χ0) is 18.9. The number of imide groups is 1. The minimum absolute atomic E-state index is 0.0806. The third-order valence-corrected chi connectivity index (χ3v) is 4.45. The van der Waals surface area contributed by atoms with Crippen LogP contribution in [-0.2, 0) is 19.1 Å². The molecule has 0 aromatic heterocycles. The van der Waals surface area contributed by atoms with Crippen molar-refractivity contribution in [2.75, 3.05) is 18.5 Å². The standard InChI is InChI=1S/C17H18FN3O5/c1-17(10-5-6-10)15(24)21(16(25)20-17)8-14(23)26-9-13(22)19-12-4-2-3-11(18)7-12/h2-4,7,10H,5-6,8-9H2,1H3,(H,19,22)(H,20,25)/t17-/m0/s1. The van der Waals surface area contributed by atoms with Gasteiger partial charge in [0.1, 0.15) is 17.9 Å². The fraction of sp³-hybridized carbons (Fsp3) is 0.412. The smallest absolute Gasteiger partial charge is 0.326 e. The second-order valence-electron chi connectivity index (χ2n) is 6.52. The zero-order valence-electron chi connectivity index (χ0n) is 14.1. The van der Waals surface area contributed by atoms with E-state index >= 15 is 0 Å². The quantitative estimate of drug-likeness (QED) is 0.580. The lowest BCUT2D eigenvalue weighted by atomic mass is 9.96. The van der Waals surface area contributed by atoms with Crippen molar-refractivity contribution in [3.63, 3.8) is 0 Å². The monoisotopic (exact) mass is 363 g/mol. The Labute approximate surface area is 148 Å². The van der Waals surface area contributed by atoms with Crippen molar-refractivity contribution in [1.82, 2.24) is 10.2 Å². The Kier molecular flexibility index (Phi) is 4.62. The van der Waals surface area contributed by atoms with Gasteiger partial charge in [0.2, 0.25) is 0 Å². The average Bonchev–Trinajstić information content (AvgIpc) is 3.39. The minimum atomic E-state index is -0.980. The molecule has 2 aliphatic rings. The number of nitrogens with one attached hydrogen (secondary N) is 2. The molecule has 0 unspecified atom stereocenters. The van der Waals surface area contributed by atoms with Crippen LogP contribution in [0, 0.1) is 11.7 Å². The van der Waals surface area contributed by atoms with Crippen molar-refractivity contribution in [2.45, 2.75) is 25.3 Å². The molecule has 2 N–H and O–H groups in total. The van der Waals surface area contributed by atoms with Crippen LogP contribution in [0.1, 0.15) is 19.8 Å². The van der Waals surface area contributed by atoms with E-state index in [1.807, 2.05) is 0 Å². The summed E-state index contributed by atoms with van der Waals surface area (Å²) in [6.45, 7) is 0.460. The van der Waals surface area contributed by atoms with Gasteiger partial charge in [-0.3, -0.25) is 19.3 Å². The maximum Gasteiger partial charge on any atom is 0.326 e. The third kappa shape index (κ3) is 3.66. The van der Waals surface area contributed by atoms with E-state index in [9.17, 15) is 23.6 Å². The molecule has 1 saturated heterocycles. The molecule has 1 heterocycles. The van der Waals surface area contributed by atoms with Crippen LogP contribution in [0.5, 0.6) is 0 Å². The highest BCUT2D eigenvalue weighted by atomic mass is 19.1. The highest BCUT2D eigenvalue weighted by Crippen LogP contribution is 2.42. The molecule has 0 bridgehead atoms. The Morgan fingerprint density at radius 3 is 2.77 bits per heavy atom. The molecule has 2 fully saturated rings. The number of halogens is 1. The number of esters is 1. The average molecular weight is 363 g/mol. The number of anilines is 1. The number of carbonyl (C=O) groups is 4. The van der Waals surface area contributed by atoms with Crippen molar-refractivity contribution < 1.29 is 28.3 Å². The fourth-order valence-electron chi connectivity index (χ4n) is 2.88. The van der Waals surface area contributed by atoms with E-state index in [-0.39, 0.29) is 11.6 Å². The van der Waals surface area contributed by atoms with E-state index in [2.05, 4.69) is 10.6 Å². The van der Waals surface area contributed by atoms with E-state index in [1.54, 1.807) is 6.92 Å². The number of benzene rings is 1. The summed E-state index contributed by atoms with van der Waals surface area (Å²) in [5, 5.41) is 4.98. The van der Waals surface area contributed by atoms with Crippen molar-refractivity contribution >= 4 is 29.5 Å². The van der Waals surface area contributed by atoms with Crippen LogP contribution in [0.15, 0.2) is 24.3 Å². The van der Waals surface area contributed by atoms with Gasteiger partial charge in [-0.05, 0) is 43.9 Å². The summed E-state index contributed by atoms with van der Waals surface area (Å²) in [4.78, 5) is 48.7. The molecular weight excluding hydrogens is 345 g/mol. The number of amides is 4. The predicted molar refractivity (Wildman–Crippen MR) is 87.4 cm³/mol. The number of hydrogen-bond donors (Lipinski definition) is 2. The van der Waals surface area contributed by atoms with Gasteiger partial charge in [0.15, 0.2) is 6.61 Å². The van der Waals surface area contributed by atoms with E-state index in [0.717, 1.165) is 23.8 Å². The number of nitrogens with zero attached hydrogens (tertiary/aromatic N) is 1. The van der Waals surface area contributed by atoms with Crippen molar-refractivity contribution in [1.29, 1.82) is 0 Å².